The van der Waals surface area contributed by atoms with Gasteiger partial charge < -0.3 is 15.0 Å². The minimum Gasteiger partial charge on any atom is -0.484 e. The Morgan fingerprint density at radius 2 is 2.14 bits per heavy atom. The van der Waals surface area contributed by atoms with Crippen molar-refractivity contribution in [1.29, 1.82) is 0 Å². The summed E-state index contributed by atoms with van der Waals surface area (Å²) in [5.41, 5.74) is 0.339. The molecule has 0 saturated carbocycles. The third-order valence-electron chi connectivity index (χ3n) is 2.85. The highest BCUT2D eigenvalue weighted by atomic mass is 16.6. The van der Waals surface area contributed by atoms with Gasteiger partial charge in [-0.25, -0.2) is 4.98 Å². The number of imidazole rings is 1. The summed E-state index contributed by atoms with van der Waals surface area (Å²) < 4.78 is 5.51. The minimum absolute atomic E-state index is 0.0652. The first-order chi connectivity index (χ1) is 9.99. The largest absolute Gasteiger partial charge is 0.484 e. The molecule has 0 radical (unpaired) electrons. The van der Waals surface area contributed by atoms with Gasteiger partial charge in [0.1, 0.15) is 11.5 Å². The molecule has 112 valence electrons. The van der Waals surface area contributed by atoms with Gasteiger partial charge in [-0.2, -0.15) is 0 Å². The number of hydrogen-bond donors (Lipinski definition) is 2. The highest BCUT2D eigenvalue weighted by Gasteiger charge is 2.23. The lowest BCUT2D eigenvalue weighted by Crippen LogP contribution is -2.12. The van der Waals surface area contributed by atoms with Crippen LogP contribution >= 0.6 is 0 Å². The molecule has 0 aliphatic carbocycles. The molecule has 7 heteroatoms. The van der Waals surface area contributed by atoms with Gasteiger partial charge in [-0.15, -0.1) is 0 Å². The van der Waals surface area contributed by atoms with Crippen molar-refractivity contribution in [2.24, 2.45) is 0 Å². The van der Waals surface area contributed by atoms with Gasteiger partial charge in [0, 0.05) is 12.4 Å². The van der Waals surface area contributed by atoms with E-state index in [1.165, 1.54) is 0 Å². The lowest BCUT2D eigenvalue weighted by atomic mass is 10.2. The Morgan fingerprint density at radius 1 is 1.38 bits per heavy atom. The Bertz CT molecular complexity index is 611. The van der Waals surface area contributed by atoms with Crippen LogP contribution in [0.15, 0.2) is 30.6 Å². The van der Waals surface area contributed by atoms with Crippen LogP contribution in [0.3, 0.4) is 0 Å². The van der Waals surface area contributed by atoms with Gasteiger partial charge in [0.2, 0.25) is 0 Å². The number of nitrogens with zero attached hydrogens (tertiary/aromatic N) is 2. The van der Waals surface area contributed by atoms with Gasteiger partial charge in [-0.05, 0) is 32.9 Å². The lowest BCUT2D eigenvalue weighted by Gasteiger charge is -2.16. The molecule has 0 fully saturated rings. The number of rotatable bonds is 6. The molecule has 1 unspecified atom stereocenters. The first-order valence-electron chi connectivity index (χ1n) is 6.69. The van der Waals surface area contributed by atoms with E-state index < -0.39 is 4.92 Å². The van der Waals surface area contributed by atoms with Crippen LogP contribution in [0.2, 0.25) is 0 Å². The molecule has 21 heavy (non-hydrogen) atoms. The molecule has 1 aromatic heterocycles. The molecule has 0 bridgehead atoms. The van der Waals surface area contributed by atoms with Crippen molar-refractivity contribution >= 4 is 11.4 Å². The fourth-order valence-electron chi connectivity index (χ4n) is 1.99. The third-order valence-corrected chi connectivity index (χ3v) is 2.85. The molecule has 0 spiro atoms. The summed E-state index contributed by atoms with van der Waals surface area (Å²) in [4.78, 5) is 18.0. The lowest BCUT2D eigenvalue weighted by molar-refractivity contribution is -0.385. The number of nitrogens with one attached hydrogen (secondary N) is 2. The summed E-state index contributed by atoms with van der Waals surface area (Å²) in [7, 11) is 0. The number of anilines is 1. The van der Waals surface area contributed by atoms with Gasteiger partial charge in [0.25, 0.3) is 0 Å². The van der Waals surface area contributed by atoms with Crippen LogP contribution in [0.1, 0.15) is 32.6 Å². The second kappa shape index (κ2) is 6.25. The molecular formula is C14H18N4O3. The van der Waals surface area contributed by atoms with E-state index in [1.54, 1.807) is 30.6 Å². The van der Waals surface area contributed by atoms with Crippen LogP contribution in [0.25, 0.3) is 0 Å². The number of H-pyrrole nitrogens is 1. The number of aromatic amines is 1. The first-order valence-corrected chi connectivity index (χ1v) is 6.69. The van der Waals surface area contributed by atoms with Crippen molar-refractivity contribution in [3.63, 3.8) is 0 Å². The SMILES string of the molecule is CC(C)Oc1cccc(NC(C)c2ncc[nH]2)c1[N+](=O)[O-]. The smallest absolute Gasteiger partial charge is 0.333 e. The maximum absolute atomic E-state index is 11.4. The predicted molar refractivity (Wildman–Crippen MR) is 79.5 cm³/mol. The standard InChI is InChI=1S/C14H18N4O3/c1-9(2)21-12-6-4-5-11(13(12)18(19)20)17-10(3)14-15-7-8-16-14/h4-10,17H,1-3H3,(H,15,16). The van der Waals surface area contributed by atoms with Crippen LogP contribution in [0.4, 0.5) is 11.4 Å². The molecule has 1 atom stereocenters. The summed E-state index contributed by atoms with van der Waals surface area (Å²) in [5.74, 6) is 0.964. The highest BCUT2D eigenvalue weighted by Crippen LogP contribution is 2.36. The van der Waals surface area contributed by atoms with Crippen LogP contribution < -0.4 is 10.1 Å². The number of aromatic nitrogens is 2. The van der Waals surface area contributed by atoms with E-state index in [4.69, 9.17) is 4.74 Å². The summed E-state index contributed by atoms with van der Waals surface area (Å²) >= 11 is 0. The summed E-state index contributed by atoms with van der Waals surface area (Å²) in [6, 6.07) is 4.79. The van der Waals surface area contributed by atoms with E-state index in [1.807, 2.05) is 20.8 Å². The van der Waals surface area contributed by atoms with Crippen LogP contribution in [0, 0.1) is 10.1 Å². The number of nitro groups is 1. The molecule has 0 amide bonds. The third kappa shape index (κ3) is 3.50. The number of ether oxygens (including phenoxy) is 1. The molecule has 0 aliphatic heterocycles. The first kappa shape index (κ1) is 14.8. The zero-order chi connectivity index (χ0) is 15.4. The molecule has 2 N–H and O–H groups in total. The Hall–Kier alpha value is -2.57. The van der Waals surface area contributed by atoms with Crippen LogP contribution in [-0.4, -0.2) is 21.0 Å². The summed E-state index contributed by atoms with van der Waals surface area (Å²) in [5, 5.41) is 14.4. The molecular weight excluding hydrogens is 272 g/mol. The second-order valence-corrected chi connectivity index (χ2v) is 4.92. The number of nitro benzene ring substituents is 1. The topological polar surface area (TPSA) is 93.1 Å². The quantitative estimate of drug-likeness (QED) is 0.629. The van der Waals surface area contributed by atoms with E-state index in [-0.39, 0.29) is 23.6 Å². The fourth-order valence-corrected chi connectivity index (χ4v) is 1.99. The molecule has 0 aliphatic rings. The Kier molecular flexibility index (Phi) is 4.42. The normalized spacial score (nSPS) is 12.2. The molecule has 2 rings (SSSR count). The van der Waals surface area contributed by atoms with E-state index in [0.717, 1.165) is 0 Å². The monoisotopic (exact) mass is 290 g/mol. The average Bonchev–Trinajstić information content (AvgIpc) is 2.91. The van der Waals surface area contributed by atoms with Crippen LogP contribution in [-0.2, 0) is 0 Å². The highest BCUT2D eigenvalue weighted by molar-refractivity contribution is 5.68. The maximum atomic E-state index is 11.4. The van der Waals surface area contributed by atoms with E-state index in [0.29, 0.717) is 11.5 Å². The number of para-hydroxylation sites is 1. The second-order valence-electron chi connectivity index (χ2n) is 4.92. The van der Waals surface area contributed by atoms with Gasteiger partial charge in [0.15, 0.2) is 5.75 Å². The van der Waals surface area contributed by atoms with Gasteiger partial charge in [-0.1, -0.05) is 6.07 Å². The van der Waals surface area contributed by atoms with Gasteiger partial charge >= 0.3 is 5.69 Å². The summed E-state index contributed by atoms with van der Waals surface area (Å²) in [6.07, 6.45) is 3.21. The van der Waals surface area contributed by atoms with Crippen molar-refractivity contribution in [1.82, 2.24) is 9.97 Å². The number of hydrogen-bond acceptors (Lipinski definition) is 5. The Morgan fingerprint density at radius 3 is 2.71 bits per heavy atom. The fraction of sp³-hybridized carbons (Fsp3) is 0.357. The Labute approximate surface area is 122 Å². The Balaban J connectivity index is 2.32. The summed E-state index contributed by atoms with van der Waals surface area (Å²) in [6.45, 7) is 5.53. The maximum Gasteiger partial charge on any atom is 0.333 e. The molecule has 2 aromatic rings. The van der Waals surface area contributed by atoms with Crippen LogP contribution in [0.5, 0.6) is 5.75 Å². The van der Waals surface area contributed by atoms with E-state index in [9.17, 15) is 10.1 Å². The molecule has 7 nitrogen and oxygen atoms in total. The number of benzene rings is 1. The minimum atomic E-state index is -0.436. The zero-order valence-corrected chi connectivity index (χ0v) is 12.2. The van der Waals surface area contributed by atoms with Crippen molar-refractivity contribution in [3.05, 3.63) is 46.5 Å². The van der Waals surface area contributed by atoms with Gasteiger partial charge in [-0.3, -0.25) is 10.1 Å². The van der Waals surface area contributed by atoms with Crippen molar-refractivity contribution in [2.45, 2.75) is 32.9 Å². The van der Waals surface area contributed by atoms with E-state index >= 15 is 0 Å². The van der Waals surface area contributed by atoms with Crippen molar-refractivity contribution in [3.8, 4) is 5.75 Å². The van der Waals surface area contributed by atoms with Gasteiger partial charge in [0.05, 0.1) is 17.1 Å². The molecule has 0 saturated heterocycles. The van der Waals surface area contributed by atoms with Crippen molar-refractivity contribution < 1.29 is 9.66 Å². The van der Waals surface area contributed by atoms with Crippen molar-refractivity contribution in [2.75, 3.05) is 5.32 Å². The average molecular weight is 290 g/mol. The zero-order valence-electron chi connectivity index (χ0n) is 12.2. The van der Waals surface area contributed by atoms with E-state index in [2.05, 4.69) is 15.3 Å². The predicted octanol–water partition coefficient (Wildman–Crippen LogP) is 3.28. The molecule has 1 aromatic carbocycles. The molecule has 1 heterocycles.